The highest BCUT2D eigenvalue weighted by Crippen LogP contribution is 2.37. The minimum atomic E-state index is -0.0927. The van der Waals surface area contributed by atoms with Crippen LogP contribution in [0.5, 0.6) is 0 Å². The van der Waals surface area contributed by atoms with Crippen molar-refractivity contribution in [2.45, 2.75) is 26.3 Å². The first-order valence-electron chi connectivity index (χ1n) is 16.9. The van der Waals surface area contributed by atoms with Crippen molar-refractivity contribution in [3.8, 4) is 11.8 Å². The van der Waals surface area contributed by atoms with Crippen molar-refractivity contribution >= 4 is 32.5 Å². The summed E-state index contributed by atoms with van der Waals surface area (Å²) in [4.78, 5) is 22.3. The minimum absolute atomic E-state index is 0.0927. The summed E-state index contributed by atoms with van der Waals surface area (Å²) in [6.07, 6.45) is 2.60. The number of carbonyl (C=O) groups is 1. The molecule has 0 aromatic heterocycles. The molecule has 3 atom stereocenters. The van der Waals surface area contributed by atoms with E-state index in [1.165, 1.54) is 0 Å². The summed E-state index contributed by atoms with van der Waals surface area (Å²) >= 11 is 0. The number of benzene rings is 2. The summed E-state index contributed by atoms with van der Waals surface area (Å²) in [5.74, 6) is 8.01. The lowest BCUT2D eigenvalue weighted by Gasteiger charge is -2.36. The number of aliphatic imine (C=N–C) groups is 1. The van der Waals surface area contributed by atoms with E-state index in [9.17, 15) is 4.79 Å². The lowest BCUT2D eigenvalue weighted by atomic mass is 10.1. The van der Waals surface area contributed by atoms with Gasteiger partial charge in [0.05, 0.1) is 51.7 Å². The third kappa shape index (κ3) is 12.8. The zero-order valence-corrected chi connectivity index (χ0v) is 29.2. The van der Waals surface area contributed by atoms with Gasteiger partial charge in [-0.2, -0.15) is 0 Å². The van der Waals surface area contributed by atoms with E-state index in [2.05, 4.69) is 60.4 Å². The van der Waals surface area contributed by atoms with Gasteiger partial charge in [0.2, 0.25) is 0 Å². The topological polar surface area (TPSA) is 114 Å². The molecule has 256 valence electrons. The number of anilines is 1. The van der Waals surface area contributed by atoms with Crippen molar-refractivity contribution in [2.75, 3.05) is 96.9 Å². The average molecular weight is 665 g/mol. The van der Waals surface area contributed by atoms with Crippen LogP contribution in [-0.4, -0.2) is 115 Å². The smallest absolute Gasteiger partial charge is 0.251 e. The van der Waals surface area contributed by atoms with E-state index >= 15 is 0 Å². The number of piperazine rings is 1. The van der Waals surface area contributed by atoms with Crippen LogP contribution in [0.15, 0.2) is 47.5 Å². The lowest BCUT2D eigenvalue weighted by Crippen LogP contribution is -2.47. The van der Waals surface area contributed by atoms with Crippen LogP contribution in [0.3, 0.4) is 0 Å². The second kappa shape index (κ2) is 20.4. The Morgan fingerprint density at radius 1 is 0.957 bits per heavy atom. The summed E-state index contributed by atoms with van der Waals surface area (Å²) < 4.78 is 16.6. The summed E-state index contributed by atoms with van der Waals surface area (Å²) in [7, 11) is 2.70. The van der Waals surface area contributed by atoms with Gasteiger partial charge in [-0.3, -0.25) is 14.7 Å². The van der Waals surface area contributed by atoms with Crippen LogP contribution in [0.4, 0.5) is 5.69 Å². The zero-order chi connectivity index (χ0) is 33.3. The highest BCUT2D eigenvalue weighted by molar-refractivity contribution is 7.27. The fourth-order valence-electron chi connectivity index (χ4n) is 5.43. The highest BCUT2D eigenvalue weighted by atomic mass is 31.0. The number of nitrogens with one attached hydrogen (secondary N) is 2. The standard InChI is InChI=1S/C36H53N6O4P/c1-28-29(2)35(28)40-27-38-13-3-14-39-36(43)32-8-11-34(31(26-32)7-4-30-5-9-33(47)10-6-30)42-17-15-41(16-18-42)19-21-45-23-25-46-24-22-44-20-12-37/h5-6,8-11,26-29,35H,3,12-25,37,47H2,1-2H3,(H,38,40)(H,39,43). The van der Waals surface area contributed by atoms with Crippen LogP contribution in [0.25, 0.3) is 0 Å². The molecule has 1 amide bonds. The van der Waals surface area contributed by atoms with Gasteiger partial charge in [-0.05, 0) is 53.9 Å². The molecule has 1 aliphatic heterocycles. The third-order valence-corrected chi connectivity index (χ3v) is 9.10. The van der Waals surface area contributed by atoms with Crippen LogP contribution >= 0.6 is 9.24 Å². The van der Waals surface area contributed by atoms with Gasteiger partial charge in [-0.25, -0.2) is 0 Å². The molecule has 10 nitrogen and oxygen atoms in total. The largest absolute Gasteiger partial charge is 0.378 e. The fraction of sp³-hybridized carbons (Fsp3) is 0.556. The van der Waals surface area contributed by atoms with E-state index in [-0.39, 0.29) is 5.91 Å². The molecule has 1 aliphatic carbocycles. The van der Waals surface area contributed by atoms with Gasteiger partial charge in [-0.1, -0.05) is 37.8 Å². The van der Waals surface area contributed by atoms with E-state index < -0.39 is 0 Å². The molecule has 2 aromatic carbocycles. The highest BCUT2D eigenvalue weighted by Gasteiger charge is 2.42. The maximum absolute atomic E-state index is 13.1. The summed E-state index contributed by atoms with van der Waals surface area (Å²) in [5.41, 5.74) is 8.87. The first-order chi connectivity index (χ1) is 23.0. The monoisotopic (exact) mass is 664 g/mol. The van der Waals surface area contributed by atoms with Gasteiger partial charge < -0.3 is 35.5 Å². The van der Waals surface area contributed by atoms with Crippen LogP contribution in [0.1, 0.15) is 41.8 Å². The number of ether oxygens (including phenoxy) is 3. The molecule has 1 saturated carbocycles. The number of amides is 1. The maximum Gasteiger partial charge on any atom is 0.251 e. The summed E-state index contributed by atoms with van der Waals surface area (Å²) in [6, 6.07) is 14.5. The summed E-state index contributed by atoms with van der Waals surface area (Å²) in [6.45, 7) is 14.2. The third-order valence-electron chi connectivity index (χ3n) is 8.71. The van der Waals surface area contributed by atoms with Crippen molar-refractivity contribution in [2.24, 2.45) is 22.6 Å². The Balaban J connectivity index is 1.25. The molecule has 0 spiro atoms. The van der Waals surface area contributed by atoms with Crippen molar-refractivity contribution in [1.29, 1.82) is 0 Å². The maximum atomic E-state index is 13.1. The van der Waals surface area contributed by atoms with Crippen LogP contribution in [-0.2, 0) is 14.2 Å². The Morgan fingerprint density at radius 3 is 2.32 bits per heavy atom. The second-order valence-corrected chi connectivity index (χ2v) is 12.8. The predicted molar refractivity (Wildman–Crippen MR) is 194 cm³/mol. The molecule has 2 aromatic rings. The van der Waals surface area contributed by atoms with Gasteiger partial charge in [0.1, 0.15) is 0 Å². The molecule has 1 saturated heterocycles. The Morgan fingerprint density at radius 2 is 1.64 bits per heavy atom. The minimum Gasteiger partial charge on any atom is -0.378 e. The molecule has 3 unspecified atom stereocenters. The number of hydrogen-bond donors (Lipinski definition) is 3. The zero-order valence-electron chi connectivity index (χ0n) is 28.1. The quantitative estimate of drug-likeness (QED) is 0.0689. The number of rotatable bonds is 19. The van der Waals surface area contributed by atoms with Crippen LogP contribution in [0.2, 0.25) is 0 Å². The lowest BCUT2D eigenvalue weighted by molar-refractivity contribution is 0.0116. The van der Waals surface area contributed by atoms with Crippen LogP contribution in [0, 0.1) is 23.7 Å². The normalized spacial score (nSPS) is 19.4. The van der Waals surface area contributed by atoms with Crippen molar-refractivity contribution in [3.05, 3.63) is 59.2 Å². The molecule has 0 bridgehead atoms. The molecule has 4 N–H and O–H groups in total. The molecule has 2 aliphatic rings. The molecule has 0 radical (unpaired) electrons. The Labute approximate surface area is 283 Å². The number of hydrogen-bond acceptors (Lipinski definition) is 8. The summed E-state index contributed by atoms with van der Waals surface area (Å²) in [5, 5.41) is 7.52. The Hall–Kier alpha value is -3.03. The van der Waals surface area contributed by atoms with Gasteiger partial charge >= 0.3 is 0 Å². The molecule has 2 fully saturated rings. The Kier molecular flexibility index (Phi) is 15.9. The van der Waals surface area contributed by atoms with Gasteiger partial charge in [-0.15, -0.1) is 9.24 Å². The number of nitrogens with two attached hydrogens (primary N) is 1. The van der Waals surface area contributed by atoms with Crippen molar-refractivity contribution in [1.82, 2.24) is 15.5 Å². The van der Waals surface area contributed by atoms with Crippen LogP contribution < -0.4 is 26.6 Å². The molecule has 1 heterocycles. The van der Waals surface area contributed by atoms with Crippen molar-refractivity contribution in [3.63, 3.8) is 0 Å². The van der Waals surface area contributed by atoms with Gasteiger partial charge in [0.15, 0.2) is 0 Å². The van der Waals surface area contributed by atoms with E-state index in [0.717, 1.165) is 61.3 Å². The molecular formula is C36H53N6O4P. The molecular weight excluding hydrogens is 611 g/mol. The predicted octanol–water partition coefficient (Wildman–Crippen LogP) is 2.11. The molecule has 4 rings (SSSR count). The average Bonchev–Trinajstić information content (AvgIpc) is 3.67. The van der Waals surface area contributed by atoms with E-state index in [0.29, 0.717) is 82.7 Å². The number of nitrogens with zero attached hydrogens (tertiary/aromatic N) is 3. The van der Waals surface area contributed by atoms with Crippen molar-refractivity contribution < 1.29 is 19.0 Å². The second-order valence-electron chi connectivity index (χ2n) is 12.1. The van der Waals surface area contributed by atoms with Gasteiger partial charge in [0.25, 0.3) is 5.91 Å². The Bertz CT molecular complexity index is 1310. The fourth-order valence-corrected chi connectivity index (χ4v) is 5.63. The first-order valence-corrected chi connectivity index (χ1v) is 17.5. The van der Waals surface area contributed by atoms with E-state index in [1.807, 2.05) is 48.8 Å². The SMILES string of the molecule is CC1C(C)C1NC=NCCCNC(=O)c1ccc(N2CCN(CCOCCOCCOCCN)CC2)c(C#Cc2ccc(P)cc2)c1. The van der Waals surface area contributed by atoms with E-state index in [1.54, 1.807) is 0 Å². The van der Waals surface area contributed by atoms with Gasteiger partial charge in [0, 0.05) is 75.1 Å². The van der Waals surface area contributed by atoms with E-state index in [4.69, 9.17) is 19.9 Å². The first kappa shape index (κ1) is 36.8. The number of carbonyl (C=O) groups excluding carboxylic acids is 1. The molecule has 47 heavy (non-hydrogen) atoms. The molecule has 11 heteroatoms.